The van der Waals surface area contributed by atoms with Gasteiger partial charge in [-0.05, 0) is 38.1 Å². The number of pyridine rings is 1. The summed E-state index contributed by atoms with van der Waals surface area (Å²) in [4.78, 5) is 16.5. The highest BCUT2D eigenvalue weighted by atomic mass is 16.1. The first kappa shape index (κ1) is 19.6. The summed E-state index contributed by atoms with van der Waals surface area (Å²) in [6.07, 6.45) is 8.76. The number of hydrogen-bond acceptors (Lipinski definition) is 7. The molecule has 10 heteroatoms. The van der Waals surface area contributed by atoms with Gasteiger partial charge in [0.25, 0.3) is 5.91 Å². The minimum atomic E-state index is -0.579. The third kappa shape index (κ3) is 3.75. The molecule has 30 heavy (non-hydrogen) atoms. The number of carbonyl (C=O) groups excluding carboxylic acids is 1. The molecule has 0 aromatic carbocycles. The number of nitrogens with zero attached hydrogens (tertiary/aromatic N) is 6. The Kier molecular flexibility index (Phi) is 5.20. The van der Waals surface area contributed by atoms with E-state index >= 15 is 0 Å². The maximum absolute atomic E-state index is 12.0. The van der Waals surface area contributed by atoms with Crippen molar-refractivity contribution in [1.82, 2.24) is 29.9 Å². The van der Waals surface area contributed by atoms with Crippen LogP contribution >= 0.6 is 0 Å². The average Bonchev–Trinajstić information content (AvgIpc) is 3.36. The highest BCUT2D eigenvalue weighted by Gasteiger charge is 2.36. The maximum Gasteiger partial charge on any atom is 0.254 e. The van der Waals surface area contributed by atoms with Gasteiger partial charge >= 0.3 is 0 Å². The topological polar surface area (TPSA) is 139 Å². The van der Waals surface area contributed by atoms with Gasteiger partial charge in [0.1, 0.15) is 5.56 Å². The van der Waals surface area contributed by atoms with Crippen molar-refractivity contribution in [1.29, 1.82) is 5.26 Å². The van der Waals surface area contributed by atoms with Crippen LogP contribution in [0.4, 0.5) is 11.5 Å². The number of anilines is 2. The van der Waals surface area contributed by atoms with Crippen LogP contribution in [0.5, 0.6) is 0 Å². The van der Waals surface area contributed by atoms with Crippen LogP contribution in [0.1, 0.15) is 29.6 Å². The van der Waals surface area contributed by atoms with Gasteiger partial charge in [0.05, 0.1) is 41.8 Å². The Morgan fingerprint density at radius 2 is 2.13 bits per heavy atom. The van der Waals surface area contributed by atoms with Crippen molar-refractivity contribution in [2.75, 3.05) is 18.4 Å². The fraction of sp³-hybridized carbons (Fsp3) is 0.350. The molecule has 1 aliphatic heterocycles. The molecule has 0 radical (unpaired) electrons. The highest BCUT2D eigenvalue weighted by Crippen LogP contribution is 2.33. The Bertz CT molecular complexity index is 1080. The summed E-state index contributed by atoms with van der Waals surface area (Å²) < 4.78 is 3.45. The summed E-state index contributed by atoms with van der Waals surface area (Å²) in [5, 5.41) is 24.6. The van der Waals surface area contributed by atoms with Crippen molar-refractivity contribution in [2.45, 2.75) is 24.8 Å². The predicted molar refractivity (Wildman–Crippen MR) is 111 cm³/mol. The zero-order valence-corrected chi connectivity index (χ0v) is 16.7. The van der Waals surface area contributed by atoms with Gasteiger partial charge in [-0.15, -0.1) is 0 Å². The van der Waals surface area contributed by atoms with E-state index in [1.807, 2.05) is 25.4 Å². The minimum Gasteiger partial charge on any atom is -0.365 e. The van der Waals surface area contributed by atoms with Gasteiger partial charge in [-0.3, -0.25) is 19.1 Å². The molecule has 0 atom stereocenters. The first-order valence-corrected chi connectivity index (χ1v) is 9.70. The summed E-state index contributed by atoms with van der Waals surface area (Å²) in [7, 11) is 1.85. The molecule has 4 heterocycles. The van der Waals surface area contributed by atoms with Gasteiger partial charge in [0.2, 0.25) is 0 Å². The summed E-state index contributed by atoms with van der Waals surface area (Å²) in [6, 6.07) is 5.99. The Hall–Kier alpha value is -3.71. The van der Waals surface area contributed by atoms with E-state index < -0.39 is 11.4 Å². The molecule has 0 spiro atoms. The van der Waals surface area contributed by atoms with Gasteiger partial charge in [-0.1, -0.05) is 0 Å². The van der Waals surface area contributed by atoms with E-state index in [1.54, 1.807) is 28.0 Å². The average molecular weight is 405 g/mol. The van der Waals surface area contributed by atoms with Gasteiger partial charge in [0, 0.05) is 25.0 Å². The molecule has 10 nitrogen and oxygen atoms in total. The van der Waals surface area contributed by atoms with Crippen molar-refractivity contribution in [2.24, 2.45) is 12.8 Å². The number of aryl methyl sites for hydroxylation is 1. The number of rotatable bonds is 6. The molecule has 4 rings (SSSR count). The minimum absolute atomic E-state index is 0.280. The second kappa shape index (κ2) is 7.96. The monoisotopic (exact) mass is 405 g/mol. The van der Waals surface area contributed by atoms with Gasteiger partial charge in [-0.2, -0.15) is 15.5 Å². The standard InChI is InChI=1S/C20H23N9O/c1-28-12-14(10-25-28)17-3-2-15(11-24-17)26-19-16(18(22)30)13-29(27-19)20(4-7-21)5-8-23-9-6-20/h2-3,10-13,23H,4-6,8-9H2,1H3,(H2,22,30)(H,26,27). The number of piperidine rings is 1. The molecule has 1 amide bonds. The number of hydrogen-bond donors (Lipinski definition) is 3. The fourth-order valence-electron chi connectivity index (χ4n) is 3.74. The van der Waals surface area contributed by atoms with E-state index in [0.717, 1.165) is 37.2 Å². The van der Waals surface area contributed by atoms with Crippen molar-refractivity contribution in [3.05, 3.63) is 42.5 Å². The van der Waals surface area contributed by atoms with Crippen molar-refractivity contribution >= 4 is 17.4 Å². The second-order valence-electron chi connectivity index (χ2n) is 7.47. The van der Waals surface area contributed by atoms with Crippen LogP contribution in [-0.4, -0.2) is 43.5 Å². The summed E-state index contributed by atoms with van der Waals surface area (Å²) in [5.74, 6) is -0.223. The van der Waals surface area contributed by atoms with E-state index in [4.69, 9.17) is 5.73 Å². The zero-order valence-electron chi connectivity index (χ0n) is 16.7. The van der Waals surface area contributed by atoms with Crippen LogP contribution in [0.25, 0.3) is 11.3 Å². The molecule has 1 aliphatic rings. The number of carbonyl (C=O) groups is 1. The molecule has 0 bridgehead atoms. The predicted octanol–water partition coefficient (Wildman–Crippen LogP) is 1.51. The smallest absolute Gasteiger partial charge is 0.254 e. The van der Waals surface area contributed by atoms with Crippen LogP contribution in [0.15, 0.2) is 36.9 Å². The van der Waals surface area contributed by atoms with Gasteiger partial charge in [0.15, 0.2) is 5.82 Å². The molecule has 3 aromatic rings. The Morgan fingerprint density at radius 1 is 1.33 bits per heavy atom. The van der Waals surface area contributed by atoms with Crippen molar-refractivity contribution < 1.29 is 4.79 Å². The molecular formula is C20H23N9O. The van der Waals surface area contributed by atoms with Crippen molar-refractivity contribution in [3.8, 4) is 17.3 Å². The van der Waals surface area contributed by atoms with Crippen LogP contribution in [0, 0.1) is 11.3 Å². The number of primary amides is 1. The molecule has 3 aromatic heterocycles. The summed E-state index contributed by atoms with van der Waals surface area (Å²) in [5.41, 5.74) is 7.80. The number of nitriles is 1. The highest BCUT2D eigenvalue weighted by molar-refractivity contribution is 5.98. The van der Waals surface area contributed by atoms with Crippen LogP contribution < -0.4 is 16.4 Å². The first-order chi connectivity index (χ1) is 14.5. The number of aromatic nitrogens is 5. The maximum atomic E-state index is 12.0. The SMILES string of the molecule is Cn1cc(-c2ccc(Nc3nn(C4(CC#N)CCNCC4)cc3C(N)=O)cn2)cn1. The van der Waals surface area contributed by atoms with E-state index in [9.17, 15) is 10.1 Å². The van der Waals surface area contributed by atoms with Crippen LogP contribution in [0.2, 0.25) is 0 Å². The molecule has 4 N–H and O–H groups in total. The van der Waals surface area contributed by atoms with Crippen LogP contribution in [-0.2, 0) is 12.6 Å². The van der Waals surface area contributed by atoms with E-state index in [0.29, 0.717) is 17.9 Å². The Morgan fingerprint density at radius 3 is 2.73 bits per heavy atom. The van der Waals surface area contributed by atoms with Gasteiger partial charge in [-0.25, -0.2) is 0 Å². The quantitative estimate of drug-likeness (QED) is 0.565. The molecule has 0 aliphatic carbocycles. The Labute approximate surface area is 173 Å². The normalized spacial score (nSPS) is 15.5. The molecule has 0 unspecified atom stereocenters. The lowest BCUT2D eigenvalue weighted by molar-refractivity contribution is 0.100. The summed E-state index contributed by atoms with van der Waals surface area (Å²) in [6.45, 7) is 1.58. The lowest BCUT2D eigenvalue weighted by Gasteiger charge is -2.36. The van der Waals surface area contributed by atoms with E-state index in [-0.39, 0.29) is 5.56 Å². The lowest BCUT2D eigenvalue weighted by Crippen LogP contribution is -2.44. The second-order valence-corrected chi connectivity index (χ2v) is 7.47. The molecule has 0 saturated carbocycles. The molecular weight excluding hydrogens is 382 g/mol. The van der Waals surface area contributed by atoms with Crippen molar-refractivity contribution in [3.63, 3.8) is 0 Å². The number of nitrogens with two attached hydrogens (primary N) is 1. The summed E-state index contributed by atoms with van der Waals surface area (Å²) >= 11 is 0. The number of nitrogens with one attached hydrogen (secondary N) is 2. The number of amides is 1. The third-order valence-electron chi connectivity index (χ3n) is 5.43. The van der Waals surface area contributed by atoms with Crippen LogP contribution in [0.3, 0.4) is 0 Å². The largest absolute Gasteiger partial charge is 0.365 e. The third-order valence-corrected chi connectivity index (χ3v) is 5.43. The first-order valence-electron chi connectivity index (χ1n) is 9.70. The van der Waals surface area contributed by atoms with Gasteiger partial charge < -0.3 is 16.4 Å². The van der Waals surface area contributed by atoms with E-state index in [1.165, 1.54) is 0 Å². The molecule has 1 fully saturated rings. The van der Waals surface area contributed by atoms with E-state index in [2.05, 4.69) is 31.9 Å². The lowest BCUT2D eigenvalue weighted by atomic mass is 9.86. The molecule has 1 saturated heterocycles. The molecule has 154 valence electrons. The fourth-order valence-corrected chi connectivity index (χ4v) is 3.74. The zero-order chi connectivity index (χ0) is 21.1. The Balaban J connectivity index is 1.62.